The Balaban J connectivity index is 2.81. The number of nitrogens with one attached hydrogen (secondary N) is 1. The molecule has 1 rings (SSSR count). The molecule has 0 saturated carbocycles. The molecule has 0 bridgehead atoms. The van der Waals surface area contributed by atoms with Crippen LogP contribution in [0.4, 0.5) is 5.69 Å². The number of amides is 1. The summed E-state index contributed by atoms with van der Waals surface area (Å²) in [4.78, 5) is 17.3. The summed E-state index contributed by atoms with van der Waals surface area (Å²) in [6.07, 6.45) is 2.56. The molecular formula is C12H16N4O. The fourth-order valence-electron chi connectivity index (χ4n) is 1.46. The number of hydrogen-bond donors (Lipinski definition) is 1. The fourth-order valence-corrected chi connectivity index (χ4v) is 1.46. The van der Waals surface area contributed by atoms with Gasteiger partial charge in [-0.15, -0.1) is 0 Å². The van der Waals surface area contributed by atoms with Gasteiger partial charge in [0.15, 0.2) is 0 Å². The largest absolute Gasteiger partial charge is 0.361 e. The molecule has 0 aliphatic carbocycles. The van der Waals surface area contributed by atoms with E-state index in [1.807, 2.05) is 24.0 Å². The van der Waals surface area contributed by atoms with Crippen LogP contribution in [0.2, 0.25) is 0 Å². The molecule has 90 valence electrons. The third kappa shape index (κ3) is 3.76. The number of anilines is 1. The summed E-state index contributed by atoms with van der Waals surface area (Å²) in [5.41, 5.74) is 1.24. The molecule has 5 heteroatoms. The standard InChI is InChI=1S/C12H16N4O/c1-3-6-16(9-12(17)14-2)11-5-4-10(7-13)15-8-11/h4-5,8H,3,6,9H2,1-2H3,(H,14,17). The number of nitriles is 1. The van der Waals surface area contributed by atoms with Gasteiger partial charge in [-0.25, -0.2) is 4.98 Å². The van der Waals surface area contributed by atoms with E-state index in [0.717, 1.165) is 18.7 Å². The zero-order valence-corrected chi connectivity index (χ0v) is 10.1. The van der Waals surface area contributed by atoms with Crippen molar-refractivity contribution in [2.24, 2.45) is 0 Å². The van der Waals surface area contributed by atoms with Crippen molar-refractivity contribution in [3.8, 4) is 6.07 Å². The van der Waals surface area contributed by atoms with Gasteiger partial charge < -0.3 is 10.2 Å². The van der Waals surface area contributed by atoms with Crippen LogP contribution in [-0.4, -0.2) is 31.0 Å². The molecule has 0 atom stereocenters. The molecule has 0 aliphatic heterocycles. The zero-order valence-electron chi connectivity index (χ0n) is 10.1. The Morgan fingerprint density at radius 1 is 1.59 bits per heavy atom. The van der Waals surface area contributed by atoms with Crippen LogP contribution in [0.5, 0.6) is 0 Å². The lowest BCUT2D eigenvalue weighted by atomic mass is 10.3. The van der Waals surface area contributed by atoms with Gasteiger partial charge in [0.05, 0.1) is 18.4 Å². The topological polar surface area (TPSA) is 69.0 Å². The van der Waals surface area contributed by atoms with E-state index in [4.69, 9.17) is 5.26 Å². The number of pyridine rings is 1. The van der Waals surface area contributed by atoms with E-state index in [-0.39, 0.29) is 5.91 Å². The van der Waals surface area contributed by atoms with Crippen molar-refractivity contribution >= 4 is 11.6 Å². The highest BCUT2D eigenvalue weighted by Crippen LogP contribution is 2.13. The Bertz CT molecular complexity index is 408. The molecule has 0 aliphatic rings. The van der Waals surface area contributed by atoms with Gasteiger partial charge in [-0.2, -0.15) is 5.26 Å². The zero-order chi connectivity index (χ0) is 12.7. The molecule has 0 spiro atoms. The molecule has 0 fully saturated rings. The molecule has 1 heterocycles. The van der Waals surface area contributed by atoms with Gasteiger partial charge in [-0.3, -0.25) is 4.79 Å². The van der Waals surface area contributed by atoms with Crippen LogP contribution in [0.3, 0.4) is 0 Å². The number of carbonyl (C=O) groups excluding carboxylic acids is 1. The van der Waals surface area contributed by atoms with Crippen molar-refractivity contribution < 1.29 is 4.79 Å². The summed E-state index contributed by atoms with van der Waals surface area (Å²) in [6.45, 7) is 3.13. The molecule has 0 aromatic carbocycles. The second-order valence-corrected chi connectivity index (χ2v) is 3.61. The van der Waals surface area contributed by atoms with E-state index in [9.17, 15) is 4.79 Å². The first-order valence-electron chi connectivity index (χ1n) is 5.53. The van der Waals surface area contributed by atoms with Gasteiger partial charge in [0, 0.05) is 13.6 Å². The van der Waals surface area contributed by atoms with Crippen LogP contribution in [0.25, 0.3) is 0 Å². The number of nitrogens with zero attached hydrogens (tertiary/aromatic N) is 3. The Hall–Kier alpha value is -2.09. The van der Waals surface area contributed by atoms with Crippen molar-refractivity contribution in [1.29, 1.82) is 5.26 Å². The quantitative estimate of drug-likeness (QED) is 0.819. The molecule has 1 amide bonds. The van der Waals surface area contributed by atoms with E-state index in [1.54, 1.807) is 19.3 Å². The van der Waals surface area contributed by atoms with Crippen molar-refractivity contribution in [3.05, 3.63) is 24.0 Å². The van der Waals surface area contributed by atoms with Gasteiger partial charge >= 0.3 is 0 Å². The third-order valence-corrected chi connectivity index (χ3v) is 2.33. The lowest BCUT2D eigenvalue weighted by Crippen LogP contribution is -2.36. The Morgan fingerprint density at radius 2 is 2.35 bits per heavy atom. The van der Waals surface area contributed by atoms with Crippen molar-refractivity contribution in [2.45, 2.75) is 13.3 Å². The molecule has 0 unspecified atom stereocenters. The Morgan fingerprint density at radius 3 is 2.82 bits per heavy atom. The summed E-state index contributed by atoms with van der Waals surface area (Å²) in [7, 11) is 1.61. The molecular weight excluding hydrogens is 216 g/mol. The SMILES string of the molecule is CCCN(CC(=O)NC)c1ccc(C#N)nc1. The highest BCUT2D eigenvalue weighted by Gasteiger charge is 2.10. The Kier molecular flexibility index (Phi) is 4.95. The number of carbonyl (C=O) groups is 1. The first-order chi connectivity index (χ1) is 8.21. The van der Waals surface area contributed by atoms with Crippen molar-refractivity contribution in [3.63, 3.8) is 0 Å². The number of hydrogen-bond acceptors (Lipinski definition) is 4. The van der Waals surface area contributed by atoms with E-state index >= 15 is 0 Å². The molecule has 17 heavy (non-hydrogen) atoms. The highest BCUT2D eigenvalue weighted by molar-refractivity contribution is 5.80. The fraction of sp³-hybridized carbons (Fsp3) is 0.417. The van der Waals surface area contributed by atoms with Crippen molar-refractivity contribution in [1.82, 2.24) is 10.3 Å². The average Bonchev–Trinajstić information content (AvgIpc) is 2.38. The van der Waals surface area contributed by atoms with Gasteiger partial charge in [0.1, 0.15) is 11.8 Å². The van der Waals surface area contributed by atoms with Gasteiger partial charge in [0.2, 0.25) is 5.91 Å². The number of rotatable bonds is 5. The van der Waals surface area contributed by atoms with Crippen LogP contribution < -0.4 is 10.2 Å². The maximum atomic E-state index is 11.4. The summed E-state index contributed by atoms with van der Waals surface area (Å²) in [6, 6.07) is 5.43. The minimum absolute atomic E-state index is 0.0391. The smallest absolute Gasteiger partial charge is 0.239 e. The second-order valence-electron chi connectivity index (χ2n) is 3.61. The summed E-state index contributed by atoms with van der Waals surface area (Å²) in [5, 5.41) is 11.3. The second kappa shape index (κ2) is 6.48. The van der Waals surface area contributed by atoms with Gasteiger partial charge in [-0.1, -0.05) is 6.92 Å². The molecule has 1 aromatic heterocycles. The van der Waals surface area contributed by atoms with Gasteiger partial charge in [0.25, 0.3) is 0 Å². The molecule has 1 aromatic rings. The minimum atomic E-state index is -0.0391. The van der Waals surface area contributed by atoms with Crippen LogP contribution in [-0.2, 0) is 4.79 Å². The molecule has 1 N–H and O–H groups in total. The Labute approximate surface area is 101 Å². The lowest BCUT2D eigenvalue weighted by molar-refractivity contribution is -0.119. The molecule has 0 radical (unpaired) electrons. The normalized spacial score (nSPS) is 9.47. The predicted molar refractivity (Wildman–Crippen MR) is 65.5 cm³/mol. The van der Waals surface area contributed by atoms with Crippen LogP contribution >= 0.6 is 0 Å². The number of likely N-dealkylation sites (N-methyl/N-ethyl adjacent to an activating group) is 1. The maximum absolute atomic E-state index is 11.4. The first kappa shape index (κ1) is 13.0. The lowest BCUT2D eigenvalue weighted by Gasteiger charge is -2.22. The summed E-state index contributed by atoms with van der Waals surface area (Å²) < 4.78 is 0. The van der Waals surface area contributed by atoms with E-state index < -0.39 is 0 Å². The number of aromatic nitrogens is 1. The molecule has 5 nitrogen and oxygen atoms in total. The van der Waals surface area contributed by atoms with E-state index in [0.29, 0.717) is 12.2 Å². The van der Waals surface area contributed by atoms with Crippen LogP contribution in [0, 0.1) is 11.3 Å². The minimum Gasteiger partial charge on any atom is -0.361 e. The van der Waals surface area contributed by atoms with Crippen LogP contribution in [0.15, 0.2) is 18.3 Å². The average molecular weight is 232 g/mol. The summed E-state index contributed by atoms with van der Waals surface area (Å²) in [5.74, 6) is -0.0391. The summed E-state index contributed by atoms with van der Waals surface area (Å²) >= 11 is 0. The monoisotopic (exact) mass is 232 g/mol. The highest BCUT2D eigenvalue weighted by atomic mass is 16.1. The predicted octanol–water partition coefficient (Wildman–Crippen LogP) is 0.916. The van der Waals surface area contributed by atoms with Crippen LogP contribution in [0.1, 0.15) is 19.0 Å². The first-order valence-corrected chi connectivity index (χ1v) is 5.53. The maximum Gasteiger partial charge on any atom is 0.239 e. The molecule has 0 saturated heterocycles. The third-order valence-electron chi connectivity index (χ3n) is 2.33. The van der Waals surface area contributed by atoms with E-state index in [2.05, 4.69) is 10.3 Å². The van der Waals surface area contributed by atoms with Crippen molar-refractivity contribution in [2.75, 3.05) is 25.0 Å². The van der Waals surface area contributed by atoms with E-state index in [1.165, 1.54) is 0 Å². The van der Waals surface area contributed by atoms with Gasteiger partial charge in [-0.05, 0) is 18.6 Å².